The summed E-state index contributed by atoms with van der Waals surface area (Å²) in [5, 5.41) is 12.0. The van der Waals surface area contributed by atoms with Crippen molar-refractivity contribution in [1.82, 2.24) is 5.32 Å². The molecule has 0 spiro atoms. The number of rotatable bonds is 4. The normalized spacial score (nSPS) is 9.31. The Labute approximate surface area is 93.3 Å². The fourth-order valence-corrected chi connectivity index (χ4v) is 1.09. The summed E-state index contributed by atoms with van der Waals surface area (Å²) in [4.78, 5) is 11.4. The zero-order valence-corrected chi connectivity index (χ0v) is 8.91. The van der Waals surface area contributed by atoms with Crippen molar-refractivity contribution < 1.29 is 9.53 Å². The maximum atomic E-state index is 11.4. The third-order valence-electron chi connectivity index (χ3n) is 1.79. The molecule has 16 heavy (non-hydrogen) atoms. The van der Waals surface area contributed by atoms with E-state index in [-0.39, 0.29) is 12.4 Å². The van der Waals surface area contributed by atoms with Gasteiger partial charge in [-0.25, -0.2) is 4.79 Å². The molecule has 0 unspecified atom stereocenters. The maximum Gasteiger partial charge on any atom is 0.319 e. The highest BCUT2D eigenvalue weighted by atomic mass is 16.5. The number of amidine groups is 1. The molecule has 2 amide bonds. The number of hydrogen-bond acceptors (Lipinski definition) is 3. The van der Waals surface area contributed by atoms with E-state index in [1.54, 1.807) is 24.3 Å². The molecule has 1 aromatic rings. The van der Waals surface area contributed by atoms with Gasteiger partial charge in [-0.15, -0.1) is 0 Å². The number of nitrogens with one attached hydrogen (secondary N) is 3. The molecular formula is C10H14N4O2. The van der Waals surface area contributed by atoms with Gasteiger partial charge in [0.05, 0.1) is 19.3 Å². The van der Waals surface area contributed by atoms with Gasteiger partial charge in [-0.1, -0.05) is 12.1 Å². The number of carbonyl (C=O) groups is 1. The van der Waals surface area contributed by atoms with Crippen LogP contribution in [0.1, 0.15) is 0 Å². The summed E-state index contributed by atoms with van der Waals surface area (Å²) in [5.74, 6) is 0.468. The van der Waals surface area contributed by atoms with Crippen molar-refractivity contribution in [2.75, 3.05) is 19.0 Å². The number of hydrogen-bond donors (Lipinski definition) is 4. The molecule has 0 aliphatic carbocycles. The minimum atomic E-state index is -0.431. The van der Waals surface area contributed by atoms with Crippen LogP contribution in [-0.2, 0) is 0 Å². The first-order valence-electron chi connectivity index (χ1n) is 4.64. The minimum absolute atomic E-state index is 0.0149. The molecule has 0 aliphatic rings. The third kappa shape index (κ3) is 3.49. The number of methoxy groups -OCH3 is 1. The van der Waals surface area contributed by atoms with Crippen LogP contribution < -0.4 is 21.1 Å². The molecule has 0 aromatic heterocycles. The van der Waals surface area contributed by atoms with Crippen LogP contribution in [0.3, 0.4) is 0 Å². The molecule has 0 radical (unpaired) electrons. The number of benzene rings is 1. The van der Waals surface area contributed by atoms with Gasteiger partial charge in [0.15, 0.2) is 0 Å². The van der Waals surface area contributed by atoms with E-state index in [4.69, 9.17) is 15.9 Å². The smallest absolute Gasteiger partial charge is 0.319 e. The van der Waals surface area contributed by atoms with Gasteiger partial charge < -0.3 is 21.1 Å². The molecule has 86 valence electrons. The van der Waals surface area contributed by atoms with E-state index < -0.39 is 6.03 Å². The number of para-hydroxylation sites is 2. The largest absolute Gasteiger partial charge is 0.495 e. The van der Waals surface area contributed by atoms with Crippen molar-refractivity contribution in [3.63, 3.8) is 0 Å². The molecular weight excluding hydrogens is 208 g/mol. The summed E-state index contributed by atoms with van der Waals surface area (Å²) in [6.07, 6.45) is 0. The Morgan fingerprint density at radius 2 is 2.19 bits per heavy atom. The summed E-state index contributed by atoms with van der Waals surface area (Å²) in [5.41, 5.74) is 5.67. The second-order valence-corrected chi connectivity index (χ2v) is 3.03. The number of carbonyl (C=O) groups excluding carboxylic acids is 1. The Balaban J connectivity index is 2.58. The topological polar surface area (TPSA) is 100 Å². The standard InChI is InChI=1S/C10H14N4O2/c1-16-8-5-3-2-4-7(8)14-10(15)13-6-9(11)12/h2-5H,6H2,1H3,(H3,11,12)(H2,13,14,15). The first-order valence-corrected chi connectivity index (χ1v) is 4.64. The lowest BCUT2D eigenvalue weighted by Gasteiger charge is -2.10. The van der Waals surface area contributed by atoms with E-state index in [9.17, 15) is 4.79 Å². The minimum Gasteiger partial charge on any atom is -0.495 e. The van der Waals surface area contributed by atoms with Crippen LogP contribution in [0.4, 0.5) is 10.5 Å². The lowest BCUT2D eigenvalue weighted by atomic mass is 10.3. The fourth-order valence-electron chi connectivity index (χ4n) is 1.09. The first-order chi connectivity index (χ1) is 7.63. The molecule has 6 nitrogen and oxygen atoms in total. The van der Waals surface area contributed by atoms with Gasteiger partial charge in [0.1, 0.15) is 11.6 Å². The Morgan fingerprint density at radius 1 is 1.50 bits per heavy atom. The number of ether oxygens (including phenoxy) is 1. The second kappa shape index (κ2) is 5.59. The molecule has 0 saturated carbocycles. The average Bonchev–Trinajstić information content (AvgIpc) is 2.27. The van der Waals surface area contributed by atoms with E-state index in [0.717, 1.165) is 0 Å². The first kappa shape index (κ1) is 11.8. The lowest BCUT2D eigenvalue weighted by molar-refractivity contribution is 0.253. The zero-order valence-electron chi connectivity index (χ0n) is 8.91. The number of anilines is 1. The molecule has 5 N–H and O–H groups in total. The lowest BCUT2D eigenvalue weighted by Crippen LogP contribution is -2.35. The van der Waals surface area contributed by atoms with Crippen molar-refractivity contribution in [2.24, 2.45) is 5.73 Å². The van der Waals surface area contributed by atoms with Crippen LogP contribution in [0.5, 0.6) is 5.75 Å². The molecule has 0 atom stereocenters. The summed E-state index contributed by atoms with van der Waals surface area (Å²) >= 11 is 0. The van der Waals surface area contributed by atoms with Crippen LogP contribution in [0.15, 0.2) is 24.3 Å². The van der Waals surface area contributed by atoms with E-state index in [1.165, 1.54) is 7.11 Å². The van der Waals surface area contributed by atoms with Crippen LogP contribution in [0.2, 0.25) is 0 Å². The Morgan fingerprint density at radius 3 is 2.81 bits per heavy atom. The third-order valence-corrected chi connectivity index (χ3v) is 1.79. The highest BCUT2D eigenvalue weighted by Gasteiger charge is 2.05. The van der Waals surface area contributed by atoms with E-state index in [1.807, 2.05) is 0 Å². The van der Waals surface area contributed by atoms with Crippen LogP contribution >= 0.6 is 0 Å². The van der Waals surface area contributed by atoms with E-state index >= 15 is 0 Å². The van der Waals surface area contributed by atoms with Gasteiger partial charge in [0.25, 0.3) is 0 Å². The van der Waals surface area contributed by atoms with E-state index in [0.29, 0.717) is 11.4 Å². The van der Waals surface area contributed by atoms with E-state index in [2.05, 4.69) is 10.6 Å². The van der Waals surface area contributed by atoms with Crippen molar-refractivity contribution in [1.29, 1.82) is 5.41 Å². The predicted octanol–water partition coefficient (Wildman–Crippen LogP) is 0.753. The van der Waals surface area contributed by atoms with Crippen LogP contribution in [-0.4, -0.2) is 25.5 Å². The Bertz CT molecular complexity index is 392. The SMILES string of the molecule is COc1ccccc1NC(=O)NCC(=N)N. The second-order valence-electron chi connectivity index (χ2n) is 3.03. The van der Waals surface area contributed by atoms with Gasteiger partial charge in [-0.05, 0) is 12.1 Å². The van der Waals surface area contributed by atoms with Gasteiger partial charge >= 0.3 is 6.03 Å². The molecule has 0 fully saturated rings. The van der Waals surface area contributed by atoms with Crippen molar-refractivity contribution in [2.45, 2.75) is 0 Å². The molecule has 0 bridgehead atoms. The number of urea groups is 1. The summed E-state index contributed by atoms with van der Waals surface area (Å²) < 4.78 is 5.06. The molecule has 0 aliphatic heterocycles. The average molecular weight is 222 g/mol. The molecule has 6 heteroatoms. The van der Waals surface area contributed by atoms with Gasteiger partial charge in [0.2, 0.25) is 0 Å². The van der Waals surface area contributed by atoms with Gasteiger partial charge in [-0.2, -0.15) is 0 Å². The summed E-state index contributed by atoms with van der Waals surface area (Å²) in [7, 11) is 1.52. The van der Waals surface area contributed by atoms with Crippen molar-refractivity contribution in [3.8, 4) is 5.75 Å². The Hall–Kier alpha value is -2.24. The van der Waals surface area contributed by atoms with Crippen molar-refractivity contribution in [3.05, 3.63) is 24.3 Å². The maximum absolute atomic E-state index is 11.4. The number of nitrogens with two attached hydrogens (primary N) is 1. The quantitative estimate of drug-likeness (QED) is 0.446. The monoisotopic (exact) mass is 222 g/mol. The zero-order chi connectivity index (χ0) is 12.0. The predicted molar refractivity (Wildman–Crippen MR) is 61.9 cm³/mol. The van der Waals surface area contributed by atoms with Crippen LogP contribution in [0.25, 0.3) is 0 Å². The summed E-state index contributed by atoms with van der Waals surface area (Å²) in [6.45, 7) is 0.0149. The highest BCUT2D eigenvalue weighted by Crippen LogP contribution is 2.22. The molecule has 1 aromatic carbocycles. The fraction of sp³-hybridized carbons (Fsp3) is 0.200. The van der Waals surface area contributed by atoms with Gasteiger partial charge in [-0.3, -0.25) is 5.41 Å². The van der Waals surface area contributed by atoms with Gasteiger partial charge in [0, 0.05) is 0 Å². The molecule has 0 saturated heterocycles. The summed E-state index contributed by atoms with van der Waals surface area (Å²) in [6, 6.07) is 6.60. The molecule has 1 rings (SSSR count). The van der Waals surface area contributed by atoms with Crippen LogP contribution in [0, 0.1) is 5.41 Å². The highest BCUT2D eigenvalue weighted by molar-refractivity contribution is 5.93. The molecule has 0 heterocycles. The Kier molecular flexibility index (Phi) is 4.14. The van der Waals surface area contributed by atoms with Crippen molar-refractivity contribution >= 4 is 17.6 Å². The number of amides is 2.